The number of thioether (sulfide) groups is 1. The first-order valence-electron chi connectivity index (χ1n) is 9.94. The van der Waals surface area contributed by atoms with Crippen molar-refractivity contribution in [3.63, 3.8) is 0 Å². The normalized spacial score (nSPS) is 17.3. The van der Waals surface area contributed by atoms with Crippen LogP contribution in [0.2, 0.25) is 10.0 Å². The highest BCUT2D eigenvalue weighted by molar-refractivity contribution is 9.10. The molecule has 0 unspecified atom stereocenters. The van der Waals surface area contributed by atoms with Crippen molar-refractivity contribution in [2.24, 2.45) is 5.92 Å². The fourth-order valence-electron chi connectivity index (χ4n) is 3.47. The first-order valence-corrected chi connectivity index (χ1v) is 12.5. The topological polar surface area (TPSA) is 118 Å². The van der Waals surface area contributed by atoms with Gasteiger partial charge < -0.3 is 20.1 Å². The van der Waals surface area contributed by atoms with Crippen LogP contribution in [0.3, 0.4) is 0 Å². The van der Waals surface area contributed by atoms with Gasteiger partial charge in [-0.2, -0.15) is 5.26 Å². The van der Waals surface area contributed by atoms with E-state index in [0.29, 0.717) is 26.5 Å². The summed E-state index contributed by atoms with van der Waals surface area (Å²) in [5, 5.41) is 16.1. The van der Waals surface area contributed by atoms with Crippen molar-refractivity contribution in [1.82, 2.24) is 5.32 Å². The van der Waals surface area contributed by atoms with Crippen LogP contribution in [0.5, 0.6) is 5.75 Å². The van der Waals surface area contributed by atoms with E-state index in [2.05, 4.69) is 32.6 Å². The number of rotatable bonds is 7. The first kappa shape index (κ1) is 26.9. The Hall–Kier alpha value is -2.71. The van der Waals surface area contributed by atoms with Gasteiger partial charge in [-0.3, -0.25) is 14.4 Å². The molecule has 12 heteroatoms. The highest BCUT2D eigenvalue weighted by atomic mass is 79.9. The van der Waals surface area contributed by atoms with E-state index in [1.165, 1.54) is 20.3 Å². The summed E-state index contributed by atoms with van der Waals surface area (Å²) in [5.41, 5.74) is 1.02. The number of hydrogen-bond donors (Lipinski definition) is 2. The van der Waals surface area contributed by atoms with Gasteiger partial charge in [-0.15, -0.1) is 0 Å². The Morgan fingerprint density at radius 2 is 1.97 bits per heavy atom. The Bertz CT molecular complexity index is 1260. The predicted molar refractivity (Wildman–Crippen MR) is 137 cm³/mol. The molecule has 0 saturated heterocycles. The molecule has 2 aromatic rings. The summed E-state index contributed by atoms with van der Waals surface area (Å²) >= 11 is 16.3. The summed E-state index contributed by atoms with van der Waals surface area (Å²) in [5.74, 6) is -3.67. The lowest BCUT2D eigenvalue weighted by Crippen LogP contribution is -2.44. The lowest BCUT2D eigenvalue weighted by molar-refractivity contribution is -0.150. The molecule has 0 aliphatic carbocycles. The number of hydrogen-bond acceptors (Lipinski definition) is 7. The zero-order chi connectivity index (χ0) is 25.7. The third kappa shape index (κ3) is 6.11. The average molecular weight is 599 g/mol. The molecule has 182 valence electrons. The molecule has 1 aliphatic rings. The molecular formula is C23H18BrCl2N3O5S. The van der Waals surface area contributed by atoms with Gasteiger partial charge in [-0.05, 0) is 51.8 Å². The van der Waals surface area contributed by atoms with Crippen molar-refractivity contribution in [3.05, 3.63) is 67.1 Å². The summed E-state index contributed by atoms with van der Waals surface area (Å²) in [6.07, 6.45) is 0. The molecule has 2 atom stereocenters. The maximum Gasteiger partial charge on any atom is 0.319 e. The molecule has 0 saturated carbocycles. The number of halogens is 3. The predicted octanol–water partition coefficient (Wildman–Crippen LogP) is 4.87. The molecule has 8 nitrogen and oxygen atoms in total. The van der Waals surface area contributed by atoms with Gasteiger partial charge in [0.15, 0.2) is 0 Å². The number of carbonyl (C=O) groups excluding carboxylic acids is 3. The molecule has 0 aromatic heterocycles. The summed E-state index contributed by atoms with van der Waals surface area (Å²) < 4.78 is 10.7. The molecule has 0 bridgehead atoms. The number of nitrogens with one attached hydrogen (secondary N) is 2. The molecule has 0 fully saturated rings. The van der Waals surface area contributed by atoms with E-state index in [0.717, 1.165) is 11.8 Å². The highest BCUT2D eigenvalue weighted by Crippen LogP contribution is 2.42. The minimum absolute atomic E-state index is 0.124. The van der Waals surface area contributed by atoms with E-state index >= 15 is 0 Å². The van der Waals surface area contributed by atoms with Crippen molar-refractivity contribution >= 4 is 74.4 Å². The number of allylic oxidation sites excluding steroid dienone is 1. The van der Waals surface area contributed by atoms with E-state index < -0.39 is 29.6 Å². The van der Waals surface area contributed by atoms with Crippen molar-refractivity contribution in [2.45, 2.75) is 5.92 Å². The lowest BCUT2D eigenvalue weighted by Gasteiger charge is -2.31. The van der Waals surface area contributed by atoms with Crippen LogP contribution in [0.25, 0.3) is 0 Å². The monoisotopic (exact) mass is 597 g/mol. The minimum atomic E-state index is -1.29. The van der Waals surface area contributed by atoms with Crippen LogP contribution in [0.4, 0.5) is 5.69 Å². The Labute approximate surface area is 224 Å². The number of nitriles is 1. The number of benzene rings is 2. The molecule has 0 spiro atoms. The fraction of sp³-hybridized carbons (Fsp3) is 0.217. The van der Waals surface area contributed by atoms with Crippen molar-refractivity contribution in [3.8, 4) is 11.8 Å². The number of methoxy groups -OCH3 is 2. The zero-order valence-electron chi connectivity index (χ0n) is 18.4. The van der Waals surface area contributed by atoms with Crippen molar-refractivity contribution in [2.75, 3.05) is 25.3 Å². The minimum Gasteiger partial charge on any atom is -0.496 e. The van der Waals surface area contributed by atoms with Gasteiger partial charge in [0.25, 0.3) is 0 Å². The van der Waals surface area contributed by atoms with E-state index in [1.807, 2.05) is 0 Å². The number of anilines is 1. The van der Waals surface area contributed by atoms with Gasteiger partial charge in [0.05, 0.1) is 51.8 Å². The second kappa shape index (κ2) is 11.8. The van der Waals surface area contributed by atoms with Gasteiger partial charge in [-0.25, -0.2) is 0 Å². The average Bonchev–Trinajstić information content (AvgIpc) is 2.83. The van der Waals surface area contributed by atoms with Gasteiger partial charge in [0.1, 0.15) is 11.7 Å². The Morgan fingerprint density at radius 3 is 2.57 bits per heavy atom. The second-order valence-electron chi connectivity index (χ2n) is 7.18. The molecule has 2 amide bonds. The molecule has 1 heterocycles. The van der Waals surface area contributed by atoms with Crippen LogP contribution in [0.1, 0.15) is 11.5 Å². The Balaban J connectivity index is 1.92. The van der Waals surface area contributed by atoms with Crippen LogP contribution in [0, 0.1) is 17.2 Å². The number of nitrogens with zero attached hydrogens (tertiary/aromatic N) is 1. The van der Waals surface area contributed by atoms with E-state index in [-0.39, 0.29) is 21.4 Å². The largest absolute Gasteiger partial charge is 0.496 e. The molecular weight excluding hydrogens is 581 g/mol. The second-order valence-corrected chi connectivity index (χ2v) is 9.86. The first-order chi connectivity index (χ1) is 16.7. The molecule has 3 rings (SSSR count). The maximum atomic E-state index is 12.9. The summed E-state index contributed by atoms with van der Waals surface area (Å²) in [6, 6.07) is 11.7. The standard InChI is InChI=1S/C23H18BrCl2N3O5S/c1-33-17-6-3-11(7-14(17)24)19-13(9-27)22(29-21(31)20(19)23(32)34-2)35-10-18(30)28-16-5-4-12(25)8-15(16)26/h3-8,19-20H,10H2,1-2H3,(H,28,30)(H,29,31)/t19-,20+/m1/s1. The van der Waals surface area contributed by atoms with Crippen LogP contribution in [-0.2, 0) is 19.1 Å². The van der Waals surface area contributed by atoms with Gasteiger partial charge in [-0.1, -0.05) is 41.0 Å². The maximum absolute atomic E-state index is 12.9. The number of esters is 1. The lowest BCUT2D eigenvalue weighted by atomic mass is 9.78. The molecule has 0 radical (unpaired) electrons. The quantitative estimate of drug-likeness (QED) is 0.345. The molecule has 2 aromatic carbocycles. The van der Waals surface area contributed by atoms with Crippen LogP contribution < -0.4 is 15.4 Å². The summed E-state index contributed by atoms with van der Waals surface area (Å²) in [6.45, 7) is 0. The smallest absolute Gasteiger partial charge is 0.319 e. The van der Waals surface area contributed by atoms with Gasteiger partial charge in [0.2, 0.25) is 11.8 Å². The van der Waals surface area contributed by atoms with E-state index in [1.54, 1.807) is 30.3 Å². The van der Waals surface area contributed by atoms with Crippen molar-refractivity contribution in [1.29, 1.82) is 5.26 Å². The number of carbonyl (C=O) groups is 3. The fourth-order valence-corrected chi connectivity index (χ4v) is 5.33. The summed E-state index contributed by atoms with van der Waals surface area (Å²) in [4.78, 5) is 38.0. The molecule has 35 heavy (non-hydrogen) atoms. The van der Waals surface area contributed by atoms with Gasteiger partial charge in [0, 0.05) is 10.9 Å². The van der Waals surface area contributed by atoms with Crippen molar-refractivity contribution < 1.29 is 23.9 Å². The number of amides is 2. The third-order valence-corrected chi connectivity index (χ3v) is 7.26. The molecule has 1 aliphatic heterocycles. The van der Waals surface area contributed by atoms with Crippen LogP contribution in [0.15, 0.2) is 51.5 Å². The van der Waals surface area contributed by atoms with Crippen LogP contribution in [-0.4, -0.2) is 37.8 Å². The summed E-state index contributed by atoms with van der Waals surface area (Å²) in [7, 11) is 2.67. The highest BCUT2D eigenvalue weighted by Gasteiger charge is 2.44. The van der Waals surface area contributed by atoms with E-state index in [9.17, 15) is 19.6 Å². The zero-order valence-corrected chi connectivity index (χ0v) is 22.3. The van der Waals surface area contributed by atoms with Gasteiger partial charge >= 0.3 is 5.97 Å². The molecule has 2 N–H and O–H groups in total. The number of ether oxygens (including phenoxy) is 2. The van der Waals surface area contributed by atoms with E-state index in [4.69, 9.17) is 32.7 Å². The Morgan fingerprint density at radius 1 is 1.23 bits per heavy atom. The Kier molecular flexibility index (Phi) is 9.08. The third-order valence-electron chi connectivity index (χ3n) is 5.07. The SMILES string of the molecule is COC(=O)[C@@H]1C(=O)NC(SCC(=O)Nc2ccc(Cl)cc2Cl)=C(C#N)[C@H]1c1ccc(OC)c(Br)c1. The van der Waals surface area contributed by atoms with Crippen LogP contribution >= 0.6 is 50.9 Å².